The fourth-order valence-electron chi connectivity index (χ4n) is 1.41. The Morgan fingerprint density at radius 1 is 1.50 bits per heavy atom. The van der Waals surface area contributed by atoms with Crippen LogP contribution in [0.2, 0.25) is 0 Å². The standard InChI is InChI=1S/C12H14N4O3S/c1-3-18-11(17)8-4-14-12(16-10(8)13)20-5-9-7(2)19-6-15-9/h4,6H,3,5H2,1-2H3,(H2,13,14,16). The van der Waals surface area contributed by atoms with Crippen LogP contribution >= 0.6 is 11.8 Å². The highest BCUT2D eigenvalue weighted by atomic mass is 32.2. The molecule has 0 fully saturated rings. The van der Waals surface area contributed by atoms with Crippen LogP contribution < -0.4 is 5.73 Å². The predicted molar refractivity (Wildman–Crippen MR) is 73.2 cm³/mol. The molecule has 106 valence electrons. The van der Waals surface area contributed by atoms with Gasteiger partial charge < -0.3 is 14.9 Å². The van der Waals surface area contributed by atoms with Gasteiger partial charge in [-0.1, -0.05) is 11.8 Å². The van der Waals surface area contributed by atoms with Crippen molar-refractivity contribution in [1.82, 2.24) is 15.0 Å². The number of ether oxygens (including phenoxy) is 1. The number of aryl methyl sites for hydroxylation is 1. The van der Waals surface area contributed by atoms with Gasteiger partial charge in [0.15, 0.2) is 11.6 Å². The third-order valence-electron chi connectivity index (χ3n) is 2.47. The molecule has 2 heterocycles. The Hall–Kier alpha value is -2.09. The topological polar surface area (TPSA) is 104 Å². The molecular formula is C12H14N4O3S. The number of hydrogen-bond donors (Lipinski definition) is 1. The van der Waals surface area contributed by atoms with E-state index in [2.05, 4.69) is 15.0 Å². The van der Waals surface area contributed by atoms with E-state index in [1.165, 1.54) is 24.4 Å². The lowest BCUT2D eigenvalue weighted by Gasteiger charge is -2.05. The number of thioether (sulfide) groups is 1. The first-order chi connectivity index (χ1) is 9.61. The van der Waals surface area contributed by atoms with Gasteiger partial charge in [-0.05, 0) is 13.8 Å². The fourth-order valence-corrected chi connectivity index (χ4v) is 2.25. The van der Waals surface area contributed by atoms with E-state index in [1.807, 2.05) is 6.92 Å². The average Bonchev–Trinajstić information content (AvgIpc) is 2.82. The number of aromatic nitrogens is 3. The maximum absolute atomic E-state index is 11.6. The van der Waals surface area contributed by atoms with Gasteiger partial charge in [-0.15, -0.1) is 0 Å². The molecular weight excluding hydrogens is 280 g/mol. The first-order valence-corrected chi connectivity index (χ1v) is 6.91. The van der Waals surface area contributed by atoms with Crippen molar-refractivity contribution in [2.24, 2.45) is 0 Å². The lowest BCUT2D eigenvalue weighted by atomic mass is 10.3. The van der Waals surface area contributed by atoms with Crippen LogP contribution in [-0.2, 0) is 10.5 Å². The molecule has 0 atom stereocenters. The number of nitrogens with two attached hydrogens (primary N) is 1. The maximum atomic E-state index is 11.6. The van der Waals surface area contributed by atoms with Gasteiger partial charge in [0, 0.05) is 11.9 Å². The number of hydrogen-bond acceptors (Lipinski definition) is 8. The Morgan fingerprint density at radius 2 is 2.30 bits per heavy atom. The van der Waals surface area contributed by atoms with Crippen molar-refractivity contribution in [2.45, 2.75) is 24.8 Å². The Morgan fingerprint density at radius 3 is 2.90 bits per heavy atom. The van der Waals surface area contributed by atoms with Gasteiger partial charge >= 0.3 is 5.97 Å². The molecule has 7 nitrogen and oxygen atoms in total. The monoisotopic (exact) mass is 294 g/mol. The number of anilines is 1. The van der Waals surface area contributed by atoms with Crippen molar-refractivity contribution >= 4 is 23.5 Å². The predicted octanol–water partition coefficient (Wildman–Crippen LogP) is 1.82. The number of oxazole rings is 1. The Balaban J connectivity index is 2.05. The van der Waals surface area contributed by atoms with E-state index >= 15 is 0 Å². The van der Waals surface area contributed by atoms with Crippen molar-refractivity contribution in [3.63, 3.8) is 0 Å². The SMILES string of the molecule is CCOC(=O)c1cnc(SCc2ncoc2C)nc1N. The molecule has 0 aliphatic carbocycles. The summed E-state index contributed by atoms with van der Waals surface area (Å²) in [5.41, 5.74) is 6.73. The summed E-state index contributed by atoms with van der Waals surface area (Å²) in [6.07, 6.45) is 2.77. The van der Waals surface area contributed by atoms with Crippen molar-refractivity contribution in [3.8, 4) is 0 Å². The highest BCUT2D eigenvalue weighted by Gasteiger charge is 2.14. The molecule has 0 aliphatic heterocycles. The van der Waals surface area contributed by atoms with Crippen molar-refractivity contribution in [2.75, 3.05) is 12.3 Å². The van der Waals surface area contributed by atoms with E-state index < -0.39 is 5.97 Å². The molecule has 0 saturated heterocycles. The molecule has 0 amide bonds. The maximum Gasteiger partial charge on any atom is 0.343 e. The van der Waals surface area contributed by atoms with E-state index in [1.54, 1.807) is 6.92 Å². The molecule has 0 saturated carbocycles. The zero-order chi connectivity index (χ0) is 14.5. The second-order valence-corrected chi connectivity index (χ2v) is 4.76. The van der Waals surface area contributed by atoms with Crippen molar-refractivity contribution < 1.29 is 13.9 Å². The largest absolute Gasteiger partial charge is 0.462 e. The van der Waals surface area contributed by atoms with Crippen LogP contribution in [0.3, 0.4) is 0 Å². The fraction of sp³-hybridized carbons (Fsp3) is 0.333. The van der Waals surface area contributed by atoms with Gasteiger partial charge in [-0.3, -0.25) is 0 Å². The molecule has 2 rings (SSSR count). The number of nitrogens with zero attached hydrogens (tertiary/aromatic N) is 3. The molecule has 0 aliphatic rings. The lowest BCUT2D eigenvalue weighted by Crippen LogP contribution is -2.10. The molecule has 20 heavy (non-hydrogen) atoms. The summed E-state index contributed by atoms with van der Waals surface area (Å²) in [5.74, 6) is 0.918. The number of nitrogen functional groups attached to an aromatic ring is 1. The normalized spacial score (nSPS) is 10.5. The number of rotatable bonds is 5. The van der Waals surface area contributed by atoms with Gasteiger partial charge in [-0.25, -0.2) is 19.7 Å². The van der Waals surface area contributed by atoms with Gasteiger partial charge in [0.1, 0.15) is 17.1 Å². The summed E-state index contributed by atoms with van der Waals surface area (Å²) in [6.45, 7) is 3.83. The molecule has 8 heteroatoms. The van der Waals surface area contributed by atoms with Crippen LogP contribution in [0.1, 0.15) is 28.7 Å². The van der Waals surface area contributed by atoms with E-state index in [9.17, 15) is 4.79 Å². The van der Waals surface area contributed by atoms with Gasteiger partial charge in [0.2, 0.25) is 0 Å². The molecule has 0 unspecified atom stereocenters. The van der Waals surface area contributed by atoms with E-state index in [0.717, 1.165) is 11.5 Å². The summed E-state index contributed by atoms with van der Waals surface area (Å²) in [7, 11) is 0. The molecule has 0 radical (unpaired) electrons. The zero-order valence-corrected chi connectivity index (χ0v) is 11.9. The second kappa shape index (κ2) is 6.38. The smallest absolute Gasteiger partial charge is 0.343 e. The summed E-state index contributed by atoms with van der Waals surface area (Å²) >= 11 is 1.36. The summed E-state index contributed by atoms with van der Waals surface area (Å²) in [6, 6.07) is 0. The minimum absolute atomic E-state index is 0.109. The molecule has 2 N–H and O–H groups in total. The Bertz CT molecular complexity index is 614. The zero-order valence-electron chi connectivity index (χ0n) is 11.1. The Kier molecular flexibility index (Phi) is 4.57. The molecule has 0 spiro atoms. The van der Waals surface area contributed by atoms with Gasteiger partial charge in [-0.2, -0.15) is 0 Å². The van der Waals surface area contributed by atoms with Crippen LogP contribution in [0.4, 0.5) is 5.82 Å². The number of carbonyl (C=O) groups is 1. The van der Waals surface area contributed by atoms with E-state index in [-0.39, 0.29) is 18.0 Å². The van der Waals surface area contributed by atoms with Gasteiger partial charge in [0.25, 0.3) is 0 Å². The minimum atomic E-state index is -0.520. The summed E-state index contributed by atoms with van der Waals surface area (Å²) < 4.78 is 9.96. The third kappa shape index (κ3) is 3.27. The van der Waals surface area contributed by atoms with Crippen molar-refractivity contribution in [1.29, 1.82) is 0 Å². The average molecular weight is 294 g/mol. The second-order valence-electron chi connectivity index (χ2n) is 3.82. The minimum Gasteiger partial charge on any atom is -0.462 e. The first-order valence-electron chi connectivity index (χ1n) is 5.93. The molecule has 2 aromatic heterocycles. The van der Waals surface area contributed by atoms with Crippen LogP contribution in [-0.4, -0.2) is 27.5 Å². The molecule has 2 aromatic rings. The summed E-state index contributed by atoms with van der Waals surface area (Å²) in [4.78, 5) is 23.8. The summed E-state index contributed by atoms with van der Waals surface area (Å²) in [5, 5.41) is 0.470. The van der Waals surface area contributed by atoms with Crippen LogP contribution in [0, 0.1) is 6.92 Å². The number of esters is 1. The number of carbonyl (C=O) groups excluding carboxylic acids is 1. The lowest BCUT2D eigenvalue weighted by molar-refractivity contribution is 0.0526. The highest BCUT2D eigenvalue weighted by molar-refractivity contribution is 7.98. The van der Waals surface area contributed by atoms with Crippen LogP contribution in [0.25, 0.3) is 0 Å². The van der Waals surface area contributed by atoms with Crippen LogP contribution in [0.5, 0.6) is 0 Å². The van der Waals surface area contributed by atoms with Crippen molar-refractivity contribution in [3.05, 3.63) is 29.6 Å². The Labute approximate surface area is 120 Å². The van der Waals surface area contributed by atoms with Gasteiger partial charge in [0.05, 0.1) is 12.3 Å². The van der Waals surface area contributed by atoms with Crippen LogP contribution in [0.15, 0.2) is 22.2 Å². The molecule has 0 bridgehead atoms. The quantitative estimate of drug-likeness (QED) is 0.506. The first kappa shape index (κ1) is 14.3. The highest BCUT2D eigenvalue weighted by Crippen LogP contribution is 2.22. The molecule has 0 aromatic carbocycles. The van der Waals surface area contributed by atoms with E-state index in [4.69, 9.17) is 14.9 Å². The third-order valence-corrected chi connectivity index (χ3v) is 3.35. The van der Waals surface area contributed by atoms with E-state index in [0.29, 0.717) is 10.9 Å².